The highest BCUT2D eigenvalue weighted by atomic mass is 32.2. The number of rotatable bonds is 3. The molecule has 0 aromatic heterocycles. The highest BCUT2D eigenvalue weighted by Crippen LogP contribution is 2.35. The van der Waals surface area contributed by atoms with Gasteiger partial charge in [0.2, 0.25) is 0 Å². The predicted molar refractivity (Wildman–Crippen MR) is 94.2 cm³/mol. The summed E-state index contributed by atoms with van der Waals surface area (Å²) in [7, 11) is -4.59. The van der Waals surface area contributed by atoms with E-state index < -0.39 is 20.9 Å². The van der Waals surface area contributed by atoms with Gasteiger partial charge in [-0.05, 0) is 42.5 Å². The molecule has 0 spiro atoms. The first-order valence-corrected chi connectivity index (χ1v) is 8.60. The fraction of sp³-hybridized carbons (Fsp3) is 0. The summed E-state index contributed by atoms with van der Waals surface area (Å²) in [6, 6.07) is 13.0. The number of hydrogen-bond acceptors (Lipinski definition) is 5. The summed E-state index contributed by atoms with van der Waals surface area (Å²) in [6.45, 7) is 0. The Kier molecular flexibility index (Phi) is 4.07. The molecule has 5 N–H and O–H groups in total. The van der Waals surface area contributed by atoms with E-state index in [1.165, 1.54) is 48.5 Å². The first kappa shape index (κ1) is 16.7. The van der Waals surface area contributed by atoms with Crippen LogP contribution in [0.5, 0.6) is 5.75 Å². The minimum Gasteiger partial charge on any atom is -0.507 e. The molecule has 0 saturated carbocycles. The number of nitrogens with two attached hydrogens (primary N) is 1. The maximum absolute atomic E-state index is 12.4. The lowest BCUT2D eigenvalue weighted by Crippen LogP contribution is -2.15. The molecule has 25 heavy (non-hydrogen) atoms. The lowest BCUT2D eigenvalue weighted by molar-refractivity contribution is 0.102. The van der Waals surface area contributed by atoms with Crippen LogP contribution in [0.4, 0.5) is 11.4 Å². The molecule has 0 bridgehead atoms. The van der Waals surface area contributed by atoms with E-state index in [0.29, 0.717) is 11.1 Å². The number of amides is 1. The Hall–Kier alpha value is -3.10. The minimum absolute atomic E-state index is 0.0811. The third kappa shape index (κ3) is 3.25. The van der Waals surface area contributed by atoms with Gasteiger partial charge in [-0.15, -0.1) is 0 Å². The van der Waals surface area contributed by atoms with E-state index in [9.17, 15) is 22.9 Å². The molecule has 7 nitrogen and oxygen atoms in total. The Morgan fingerprint density at radius 3 is 2.28 bits per heavy atom. The molecule has 0 aliphatic heterocycles. The van der Waals surface area contributed by atoms with E-state index in [1.54, 1.807) is 0 Å². The van der Waals surface area contributed by atoms with Crippen LogP contribution in [0.1, 0.15) is 10.4 Å². The number of nitrogens with one attached hydrogen (secondary N) is 1. The maximum atomic E-state index is 12.4. The molecule has 128 valence electrons. The largest absolute Gasteiger partial charge is 0.507 e. The van der Waals surface area contributed by atoms with Crippen molar-refractivity contribution in [2.75, 3.05) is 11.1 Å². The number of phenols is 1. The SMILES string of the molecule is Nc1ccc(C(=O)Nc2c(S(=O)(=O)O)ccc3c(O)cccc23)cc1. The number of hydrogen-bond donors (Lipinski definition) is 4. The quantitative estimate of drug-likeness (QED) is 0.421. The number of nitrogen functional groups attached to an aromatic ring is 1. The van der Waals surface area contributed by atoms with Crippen molar-refractivity contribution in [2.45, 2.75) is 4.90 Å². The van der Waals surface area contributed by atoms with Gasteiger partial charge in [0.05, 0.1) is 5.69 Å². The number of carbonyl (C=O) groups is 1. The summed E-state index contributed by atoms with van der Waals surface area (Å²) in [5.74, 6) is -0.664. The van der Waals surface area contributed by atoms with Crippen LogP contribution < -0.4 is 11.1 Å². The van der Waals surface area contributed by atoms with Crippen molar-refractivity contribution in [2.24, 2.45) is 0 Å². The van der Waals surface area contributed by atoms with Crippen molar-refractivity contribution in [3.8, 4) is 5.75 Å². The number of fused-ring (bicyclic) bond motifs is 1. The van der Waals surface area contributed by atoms with Crippen LogP contribution in [0, 0.1) is 0 Å². The zero-order valence-electron chi connectivity index (χ0n) is 12.8. The molecule has 0 aliphatic carbocycles. The van der Waals surface area contributed by atoms with E-state index >= 15 is 0 Å². The topological polar surface area (TPSA) is 130 Å². The third-order valence-corrected chi connectivity index (χ3v) is 4.59. The number of aromatic hydroxyl groups is 1. The van der Waals surface area contributed by atoms with Gasteiger partial charge >= 0.3 is 0 Å². The highest BCUT2D eigenvalue weighted by Gasteiger charge is 2.21. The van der Waals surface area contributed by atoms with Crippen molar-refractivity contribution >= 4 is 38.2 Å². The first-order chi connectivity index (χ1) is 11.8. The van der Waals surface area contributed by atoms with Crippen LogP contribution >= 0.6 is 0 Å². The van der Waals surface area contributed by atoms with Gasteiger partial charge in [-0.2, -0.15) is 8.42 Å². The molecule has 0 unspecified atom stereocenters. The lowest BCUT2D eigenvalue weighted by atomic mass is 10.1. The molecule has 0 saturated heterocycles. The molecule has 0 aliphatic rings. The van der Waals surface area contributed by atoms with E-state index in [-0.39, 0.29) is 22.4 Å². The number of phenolic OH excluding ortho intramolecular Hbond substituents is 1. The lowest BCUT2D eigenvalue weighted by Gasteiger charge is -2.13. The minimum atomic E-state index is -4.59. The second kappa shape index (κ2) is 6.08. The van der Waals surface area contributed by atoms with Crippen molar-refractivity contribution in [1.29, 1.82) is 0 Å². The van der Waals surface area contributed by atoms with Crippen LogP contribution in [0.3, 0.4) is 0 Å². The second-order valence-electron chi connectivity index (χ2n) is 5.36. The van der Waals surface area contributed by atoms with Gasteiger partial charge in [0.15, 0.2) is 0 Å². The summed E-state index contributed by atoms with van der Waals surface area (Å²) < 4.78 is 32.8. The van der Waals surface area contributed by atoms with Gasteiger partial charge < -0.3 is 16.2 Å². The van der Waals surface area contributed by atoms with Crippen molar-refractivity contribution < 1.29 is 22.9 Å². The third-order valence-electron chi connectivity index (χ3n) is 3.69. The van der Waals surface area contributed by atoms with Gasteiger partial charge in [0.1, 0.15) is 10.6 Å². The van der Waals surface area contributed by atoms with Crippen LogP contribution in [-0.4, -0.2) is 24.0 Å². The molecule has 3 aromatic carbocycles. The van der Waals surface area contributed by atoms with Gasteiger partial charge in [0.25, 0.3) is 16.0 Å². The Labute approximate surface area is 143 Å². The van der Waals surface area contributed by atoms with Crippen molar-refractivity contribution in [3.05, 3.63) is 60.2 Å². The van der Waals surface area contributed by atoms with E-state index in [0.717, 1.165) is 6.07 Å². The number of anilines is 2. The summed E-state index contributed by atoms with van der Waals surface area (Å²) in [4.78, 5) is 12.0. The average molecular weight is 358 g/mol. The fourth-order valence-corrected chi connectivity index (χ4v) is 3.14. The van der Waals surface area contributed by atoms with Crippen molar-refractivity contribution in [1.82, 2.24) is 0 Å². The molecule has 1 amide bonds. The standard InChI is InChI=1S/C17H14N2O5S/c18-11-6-4-10(5-7-11)17(21)19-16-13-2-1-3-14(20)12(13)8-9-15(16)25(22,23)24/h1-9,20H,18H2,(H,19,21)(H,22,23,24). The zero-order valence-corrected chi connectivity index (χ0v) is 13.6. The molecule has 8 heteroatoms. The van der Waals surface area contributed by atoms with Crippen molar-refractivity contribution in [3.63, 3.8) is 0 Å². The Morgan fingerprint density at radius 2 is 1.64 bits per heavy atom. The molecular formula is C17H14N2O5S. The fourth-order valence-electron chi connectivity index (χ4n) is 2.49. The maximum Gasteiger partial charge on any atom is 0.296 e. The zero-order chi connectivity index (χ0) is 18.2. The second-order valence-corrected chi connectivity index (χ2v) is 6.75. The van der Waals surface area contributed by atoms with E-state index in [4.69, 9.17) is 5.73 Å². The van der Waals surface area contributed by atoms with Crippen LogP contribution in [-0.2, 0) is 10.1 Å². The Balaban J connectivity index is 2.17. The summed E-state index contributed by atoms with van der Waals surface area (Å²) in [6.07, 6.45) is 0. The molecular weight excluding hydrogens is 344 g/mol. The normalized spacial score (nSPS) is 11.4. The van der Waals surface area contributed by atoms with Gasteiger partial charge in [-0.25, -0.2) is 0 Å². The molecule has 0 atom stereocenters. The Morgan fingerprint density at radius 1 is 0.960 bits per heavy atom. The van der Waals surface area contributed by atoms with Gasteiger partial charge in [-0.3, -0.25) is 9.35 Å². The van der Waals surface area contributed by atoms with E-state index in [1.807, 2.05) is 0 Å². The number of carbonyl (C=O) groups excluding carboxylic acids is 1. The smallest absolute Gasteiger partial charge is 0.296 e. The molecule has 3 aromatic rings. The molecule has 3 rings (SSSR count). The van der Waals surface area contributed by atoms with Gasteiger partial charge in [-0.1, -0.05) is 12.1 Å². The highest BCUT2D eigenvalue weighted by molar-refractivity contribution is 7.86. The molecule has 0 radical (unpaired) electrons. The van der Waals surface area contributed by atoms with Crippen LogP contribution in [0.15, 0.2) is 59.5 Å². The Bertz CT molecular complexity index is 1080. The monoisotopic (exact) mass is 358 g/mol. The van der Waals surface area contributed by atoms with Gasteiger partial charge in [0, 0.05) is 22.0 Å². The predicted octanol–water partition coefficient (Wildman–Crippen LogP) is 2.63. The molecule has 0 heterocycles. The van der Waals surface area contributed by atoms with E-state index in [2.05, 4.69) is 5.32 Å². The summed E-state index contributed by atoms with van der Waals surface area (Å²) >= 11 is 0. The number of benzene rings is 3. The average Bonchev–Trinajstić information content (AvgIpc) is 2.55. The first-order valence-electron chi connectivity index (χ1n) is 7.16. The summed E-state index contributed by atoms with van der Waals surface area (Å²) in [5, 5.41) is 13.0. The van der Waals surface area contributed by atoms with Crippen LogP contribution in [0.25, 0.3) is 10.8 Å². The molecule has 0 fully saturated rings. The van der Waals surface area contributed by atoms with Crippen LogP contribution in [0.2, 0.25) is 0 Å². The summed E-state index contributed by atoms with van der Waals surface area (Å²) in [5.41, 5.74) is 6.20.